The highest BCUT2D eigenvalue weighted by atomic mass is 79.9. The number of carbonyl (C=O) groups is 1. The molecule has 3 rings (SSSR count). The maximum atomic E-state index is 11.7. The van der Waals surface area contributed by atoms with Crippen molar-refractivity contribution < 1.29 is 4.79 Å². The predicted octanol–water partition coefficient (Wildman–Crippen LogP) is 3.03. The first-order chi connectivity index (χ1) is 9.47. The van der Waals surface area contributed by atoms with Crippen molar-refractivity contribution in [3.63, 3.8) is 0 Å². The lowest BCUT2D eigenvalue weighted by molar-refractivity contribution is -0.116. The number of fused-ring (bicyclic) bond motifs is 1. The molecule has 0 aromatic heterocycles. The van der Waals surface area contributed by atoms with Crippen LogP contribution in [0.3, 0.4) is 0 Å². The summed E-state index contributed by atoms with van der Waals surface area (Å²) in [4.78, 5) is 14.1. The summed E-state index contributed by atoms with van der Waals surface area (Å²) in [6, 6.07) is 4.01. The van der Waals surface area contributed by atoms with Crippen molar-refractivity contribution in [2.24, 2.45) is 11.7 Å². The van der Waals surface area contributed by atoms with Gasteiger partial charge in [-0.3, -0.25) is 4.79 Å². The van der Waals surface area contributed by atoms with Crippen molar-refractivity contribution in [2.45, 2.75) is 38.8 Å². The topological polar surface area (TPSA) is 58.4 Å². The number of hydrogen-bond donors (Lipinski definition) is 2. The zero-order chi connectivity index (χ0) is 14.4. The van der Waals surface area contributed by atoms with Crippen molar-refractivity contribution >= 4 is 33.2 Å². The highest BCUT2D eigenvalue weighted by Crippen LogP contribution is 2.40. The first kappa shape index (κ1) is 13.9. The fourth-order valence-electron chi connectivity index (χ4n) is 3.14. The van der Waals surface area contributed by atoms with Crippen LogP contribution in [0.25, 0.3) is 0 Å². The van der Waals surface area contributed by atoms with Crippen molar-refractivity contribution in [1.82, 2.24) is 0 Å². The second kappa shape index (κ2) is 5.04. The van der Waals surface area contributed by atoms with Crippen LogP contribution >= 0.6 is 15.9 Å². The summed E-state index contributed by atoms with van der Waals surface area (Å²) in [5, 5.41) is 2.87. The van der Waals surface area contributed by atoms with Crippen LogP contribution in [0.4, 0.5) is 11.4 Å². The van der Waals surface area contributed by atoms with Crippen LogP contribution in [0.2, 0.25) is 0 Å². The van der Waals surface area contributed by atoms with Crippen LogP contribution in [-0.4, -0.2) is 18.5 Å². The Morgan fingerprint density at radius 2 is 2.10 bits per heavy atom. The third kappa shape index (κ3) is 2.23. The van der Waals surface area contributed by atoms with Gasteiger partial charge in [0.1, 0.15) is 6.04 Å². The molecule has 4 nitrogen and oxygen atoms in total. The minimum Gasteiger partial charge on any atom is -0.368 e. The summed E-state index contributed by atoms with van der Waals surface area (Å²) < 4.78 is 1.02. The molecule has 1 fully saturated rings. The van der Waals surface area contributed by atoms with Gasteiger partial charge >= 0.3 is 0 Å². The van der Waals surface area contributed by atoms with Crippen LogP contribution in [0.5, 0.6) is 0 Å². The molecule has 0 bridgehead atoms. The van der Waals surface area contributed by atoms with Gasteiger partial charge in [-0.1, -0.05) is 6.92 Å². The Morgan fingerprint density at radius 3 is 2.85 bits per heavy atom. The zero-order valence-electron chi connectivity index (χ0n) is 11.8. The van der Waals surface area contributed by atoms with Crippen LogP contribution in [0, 0.1) is 5.92 Å². The van der Waals surface area contributed by atoms with E-state index in [-0.39, 0.29) is 5.91 Å². The standard InChI is InChI=1S/C15H20BrN3O/c1-8-3-4-9(2)19(7-8)13-6-12-10(5-11(13)16)14(17)15(20)18-12/h5-6,8-9,14H,3-4,7,17H2,1-2H3,(H,18,20). The molecule has 0 saturated carbocycles. The number of amides is 1. The van der Waals surface area contributed by atoms with Gasteiger partial charge in [-0.05, 0) is 53.7 Å². The zero-order valence-corrected chi connectivity index (χ0v) is 13.4. The molecule has 108 valence electrons. The lowest BCUT2D eigenvalue weighted by atomic mass is 9.94. The van der Waals surface area contributed by atoms with Crippen molar-refractivity contribution in [3.8, 4) is 0 Å². The van der Waals surface area contributed by atoms with Gasteiger partial charge < -0.3 is 16.0 Å². The Hall–Kier alpha value is -1.07. The number of nitrogens with zero attached hydrogens (tertiary/aromatic N) is 1. The number of nitrogens with one attached hydrogen (secondary N) is 1. The molecule has 1 amide bonds. The van der Waals surface area contributed by atoms with E-state index >= 15 is 0 Å². The van der Waals surface area contributed by atoms with Gasteiger partial charge in [0, 0.05) is 28.3 Å². The minimum absolute atomic E-state index is 0.121. The monoisotopic (exact) mass is 337 g/mol. The number of hydrogen-bond acceptors (Lipinski definition) is 3. The largest absolute Gasteiger partial charge is 0.368 e. The number of piperidine rings is 1. The molecule has 1 aromatic carbocycles. The Morgan fingerprint density at radius 1 is 1.35 bits per heavy atom. The Bertz CT molecular complexity index is 560. The highest BCUT2D eigenvalue weighted by Gasteiger charge is 2.31. The van der Waals surface area contributed by atoms with E-state index in [9.17, 15) is 4.79 Å². The van der Waals surface area contributed by atoms with Crippen molar-refractivity contribution in [1.29, 1.82) is 0 Å². The minimum atomic E-state index is -0.548. The van der Waals surface area contributed by atoms with Gasteiger partial charge in [-0.2, -0.15) is 0 Å². The highest BCUT2D eigenvalue weighted by molar-refractivity contribution is 9.10. The number of rotatable bonds is 1. The summed E-state index contributed by atoms with van der Waals surface area (Å²) in [6.45, 7) is 5.60. The van der Waals surface area contributed by atoms with Gasteiger partial charge in [0.25, 0.3) is 0 Å². The van der Waals surface area contributed by atoms with Gasteiger partial charge in [-0.15, -0.1) is 0 Å². The average molecular weight is 338 g/mol. The van der Waals surface area contributed by atoms with Crippen molar-refractivity contribution in [2.75, 3.05) is 16.8 Å². The molecule has 3 atom stereocenters. The van der Waals surface area contributed by atoms with Gasteiger partial charge in [0.15, 0.2) is 0 Å². The molecule has 1 aromatic rings. The molecule has 2 aliphatic rings. The van der Waals surface area contributed by atoms with Crippen LogP contribution in [0.1, 0.15) is 38.3 Å². The molecule has 20 heavy (non-hydrogen) atoms. The van der Waals surface area contributed by atoms with Crippen molar-refractivity contribution in [3.05, 3.63) is 22.2 Å². The normalized spacial score (nSPS) is 29.3. The van der Waals surface area contributed by atoms with Crippen LogP contribution in [-0.2, 0) is 4.79 Å². The third-order valence-electron chi connectivity index (χ3n) is 4.42. The molecular formula is C15H20BrN3O. The summed E-state index contributed by atoms with van der Waals surface area (Å²) >= 11 is 3.64. The van der Waals surface area contributed by atoms with E-state index in [1.165, 1.54) is 12.8 Å². The number of benzene rings is 1. The van der Waals surface area contributed by atoms with E-state index < -0.39 is 6.04 Å². The van der Waals surface area contributed by atoms with Gasteiger partial charge in [0.05, 0.1) is 5.69 Å². The first-order valence-electron chi connectivity index (χ1n) is 7.14. The van der Waals surface area contributed by atoms with Gasteiger partial charge in [0.2, 0.25) is 5.91 Å². The Kier molecular flexibility index (Phi) is 3.50. The number of carbonyl (C=O) groups excluding carboxylic acids is 1. The lowest BCUT2D eigenvalue weighted by Gasteiger charge is -2.39. The molecule has 0 aliphatic carbocycles. The molecule has 2 heterocycles. The van der Waals surface area contributed by atoms with Gasteiger partial charge in [-0.25, -0.2) is 0 Å². The van der Waals surface area contributed by atoms with E-state index in [4.69, 9.17) is 5.73 Å². The Labute approximate surface area is 127 Å². The summed E-state index contributed by atoms with van der Waals surface area (Å²) in [5.41, 5.74) is 8.77. The van der Waals surface area contributed by atoms with E-state index in [0.717, 1.165) is 28.0 Å². The summed E-state index contributed by atoms with van der Waals surface area (Å²) in [5.74, 6) is 0.576. The Balaban J connectivity index is 1.99. The van der Waals surface area contributed by atoms with Crippen LogP contribution in [0.15, 0.2) is 16.6 Å². The summed E-state index contributed by atoms with van der Waals surface area (Å²) in [7, 11) is 0. The van der Waals surface area contributed by atoms with E-state index in [2.05, 4.69) is 46.1 Å². The second-order valence-corrected chi connectivity index (χ2v) is 6.90. The molecule has 3 N–H and O–H groups in total. The third-order valence-corrected chi connectivity index (χ3v) is 5.06. The fraction of sp³-hybridized carbons (Fsp3) is 0.533. The fourth-order valence-corrected chi connectivity index (χ4v) is 3.73. The first-order valence-corrected chi connectivity index (χ1v) is 7.93. The quantitative estimate of drug-likeness (QED) is 0.828. The lowest BCUT2D eigenvalue weighted by Crippen LogP contribution is -2.41. The average Bonchev–Trinajstić information content (AvgIpc) is 2.68. The molecule has 5 heteroatoms. The molecule has 2 aliphatic heterocycles. The molecule has 1 saturated heterocycles. The predicted molar refractivity (Wildman–Crippen MR) is 84.9 cm³/mol. The maximum Gasteiger partial charge on any atom is 0.245 e. The molecule has 0 spiro atoms. The number of nitrogens with two attached hydrogens (primary N) is 1. The van der Waals surface area contributed by atoms with E-state index in [0.29, 0.717) is 12.0 Å². The second-order valence-electron chi connectivity index (χ2n) is 6.04. The van der Waals surface area contributed by atoms with E-state index in [1.807, 2.05) is 6.07 Å². The molecule has 3 unspecified atom stereocenters. The smallest absolute Gasteiger partial charge is 0.245 e. The number of halogens is 1. The van der Waals surface area contributed by atoms with E-state index in [1.54, 1.807) is 0 Å². The maximum absolute atomic E-state index is 11.7. The molecule has 0 radical (unpaired) electrons. The molecular weight excluding hydrogens is 318 g/mol. The SMILES string of the molecule is CC1CCC(C)N(c2cc3c(cc2Br)C(N)C(=O)N3)C1. The number of anilines is 2. The van der Waals surface area contributed by atoms with Crippen LogP contribution < -0.4 is 16.0 Å². The summed E-state index contributed by atoms with van der Waals surface area (Å²) in [6.07, 6.45) is 2.48.